The van der Waals surface area contributed by atoms with Crippen LogP contribution >= 0.6 is 23.2 Å². The number of allylic oxidation sites excluding steroid dienone is 1. The van der Waals surface area contributed by atoms with Crippen molar-refractivity contribution in [2.45, 2.75) is 44.2 Å². The van der Waals surface area contributed by atoms with Gasteiger partial charge in [-0.25, -0.2) is 4.98 Å². The molecule has 3 nitrogen and oxygen atoms in total. The lowest BCUT2D eigenvalue weighted by Gasteiger charge is -2.23. The molecule has 0 aliphatic heterocycles. The Morgan fingerprint density at radius 1 is 1.07 bits per heavy atom. The number of benzene rings is 2. The highest BCUT2D eigenvalue weighted by atomic mass is 35.5. The third-order valence-electron chi connectivity index (χ3n) is 5.47. The second-order valence-electron chi connectivity index (χ2n) is 7.61. The summed E-state index contributed by atoms with van der Waals surface area (Å²) in [6.45, 7) is 0. The summed E-state index contributed by atoms with van der Waals surface area (Å²) in [6, 6.07) is 16.7. The predicted molar refractivity (Wildman–Crippen MR) is 121 cm³/mol. The molecule has 3 aromatic rings. The van der Waals surface area contributed by atoms with Crippen LogP contribution in [0.5, 0.6) is 0 Å². The number of hydrogen-bond donors (Lipinski definition) is 2. The van der Waals surface area contributed by atoms with Gasteiger partial charge >= 0.3 is 0 Å². The molecule has 0 spiro atoms. The molecule has 2 unspecified atom stereocenters. The summed E-state index contributed by atoms with van der Waals surface area (Å²) >= 11 is 12.3. The van der Waals surface area contributed by atoms with Gasteiger partial charge in [-0.1, -0.05) is 60.0 Å². The van der Waals surface area contributed by atoms with Crippen LogP contribution in [0.3, 0.4) is 0 Å². The van der Waals surface area contributed by atoms with E-state index in [0.717, 1.165) is 35.0 Å². The molecule has 2 aromatic carbocycles. The maximum Gasteiger partial charge on any atom is 0.0922 e. The molecule has 2 atom stereocenters. The van der Waals surface area contributed by atoms with Gasteiger partial charge < -0.3 is 10.3 Å². The average molecular weight is 426 g/mol. The van der Waals surface area contributed by atoms with Crippen molar-refractivity contribution >= 4 is 28.8 Å². The lowest BCUT2D eigenvalue weighted by Crippen LogP contribution is -2.33. The molecule has 0 radical (unpaired) electrons. The molecule has 150 valence electrons. The van der Waals surface area contributed by atoms with Crippen LogP contribution in [0.25, 0.3) is 5.57 Å². The van der Waals surface area contributed by atoms with Gasteiger partial charge in [-0.3, -0.25) is 0 Å². The topological polar surface area (TPSA) is 40.7 Å². The van der Waals surface area contributed by atoms with E-state index in [1.54, 1.807) is 6.33 Å². The first-order chi connectivity index (χ1) is 14.2. The Kier molecular flexibility index (Phi) is 6.70. The van der Waals surface area contributed by atoms with Crippen molar-refractivity contribution < 1.29 is 0 Å². The smallest absolute Gasteiger partial charge is 0.0922 e. The molecule has 0 saturated carbocycles. The fourth-order valence-electron chi connectivity index (χ4n) is 3.98. The Bertz CT molecular complexity index is 949. The molecular weight excluding hydrogens is 401 g/mol. The fraction of sp³-hybridized carbons (Fsp3) is 0.292. The third kappa shape index (κ3) is 5.51. The summed E-state index contributed by atoms with van der Waals surface area (Å²) in [4.78, 5) is 7.52. The van der Waals surface area contributed by atoms with E-state index in [1.807, 2.05) is 30.5 Å². The van der Waals surface area contributed by atoms with Crippen molar-refractivity contribution in [2.24, 2.45) is 0 Å². The zero-order chi connectivity index (χ0) is 20.1. The molecule has 1 heterocycles. The van der Waals surface area contributed by atoms with E-state index >= 15 is 0 Å². The Balaban J connectivity index is 1.56. The summed E-state index contributed by atoms with van der Waals surface area (Å²) in [5.41, 5.74) is 4.94. The normalized spacial score (nSPS) is 18.1. The molecule has 2 N–H and O–H groups in total. The first-order valence-corrected chi connectivity index (χ1v) is 10.9. The van der Waals surface area contributed by atoms with E-state index in [9.17, 15) is 0 Å². The molecular formula is C24H25Cl2N3. The highest BCUT2D eigenvalue weighted by Crippen LogP contribution is 2.29. The maximum atomic E-state index is 6.23. The molecule has 0 saturated heterocycles. The Morgan fingerprint density at radius 2 is 1.93 bits per heavy atom. The van der Waals surface area contributed by atoms with Crippen molar-refractivity contribution in [1.29, 1.82) is 0 Å². The summed E-state index contributed by atoms with van der Waals surface area (Å²) in [5, 5.41) is 5.41. The lowest BCUT2D eigenvalue weighted by molar-refractivity contribution is 0.449. The first-order valence-electron chi connectivity index (χ1n) is 10.1. The largest absolute Gasteiger partial charge is 0.347 e. The summed E-state index contributed by atoms with van der Waals surface area (Å²) in [5.74, 6) is 0. The summed E-state index contributed by atoms with van der Waals surface area (Å²) in [7, 11) is 0. The molecule has 29 heavy (non-hydrogen) atoms. The van der Waals surface area contributed by atoms with Crippen molar-refractivity contribution in [3.8, 4) is 0 Å². The van der Waals surface area contributed by atoms with E-state index in [0.29, 0.717) is 6.04 Å². The van der Waals surface area contributed by atoms with E-state index < -0.39 is 0 Å². The van der Waals surface area contributed by atoms with Crippen molar-refractivity contribution in [1.82, 2.24) is 15.3 Å². The van der Waals surface area contributed by atoms with Gasteiger partial charge in [-0.2, -0.15) is 0 Å². The van der Waals surface area contributed by atoms with E-state index in [-0.39, 0.29) is 6.04 Å². The number of nitrogens with zero attached hydrogens (tertiary/aromatic N) is 1. The number of nitrogens with one attached hydrogen (secondary N) is 2. The minimum atomic E-state index is 0.152. The Labute approximate surface area is 182 Å². The van der Waals surface area contributed by atoms with E-state index in [4.69, 9.17) is 23.2 Å². The third-order valence-corrected chi connectivity index (χ3v) is 5.96. The van der Waals surface area contributed by atoms with Crippen LogP contribution in [-0.2, 0) is 6.42 Å². The minimum Gasteiger partial charge on any atom is -0.347 e. The summed E-state index contributed by atoms with van der Waals surface area (Å²) in [6.07, 6.45) is 11.5. The van der Waals surface area contributed by atoms with Crippen LogP contribution in [0, 0.1) is 0 Å². The number of hydrogen-bond acceptors (Lipinski definition) is 2. The van der Waals surface area contributed by atoms with Gasteiger partial charge in [0.25, 0.3) is 0 Å². The first kappa shape index (κ1) is 20.2. The average Bonchev–Trinajstić information content (AvgIpc) is 3.16. The van der Waals surface area contributed by atoms with Crippen molar-refractivity contribution in [2.75, 3.05) is 0 Å². The zero-order valence-electron chi connectivity index (χ0n) is 16.2. The number of rotatable bonds is 6. The van der Waals surface area contributed by atoms with Crippen molar-refractivity contribution in [3.05, 3.63) is 94.0 Å². The molecule has 5 heteroatoms. The van der Waals surface area contributed by atoms with Crippen LogP contribution < -0.4 is 5.32 Å². The minimum absolute atomic E-state index is 0.152. The molecule has 1 aliphatic carbocycles. The zero-order valence-corrected chi connectivity index (χ0v) is 17.8. The van der Waals surface area contributed by atoms with Crippen LogP contribution in [0.2, 0.25) is 10.0 Å². The van der Waals surface area contributed by atoms with Gasteiger partial charge in [-0.05, 0) is 66.6 Å². The SMILES string of the molecule is Clc1ccc(CC(NC2C=C(c3cccc(Cl)c3)CCCC2)c2cnc[nH]2)cc1. The molecule has 0 amide bonds. The quantitative estimate of drug-likeness (QED) is 0.465. The fourth-order valence-corrected chi connectivity index (χ4v) is 4.30. The molecule has 0 bridgehead atoms. The van der Waals surface area contributed by atoms with Gasteiger partial charge in [0.05, 0.1) is 18.1 Å². The van der Waals surface area contributed by atoms with Crippen LogP contribution in [0.4, 0.5) is 0 Å². The van der Waals surface area contributed by atoms with Crippen LogP contribution in [0.1, 0.15) is 48.5 Å². The number of halogens is 2. The maximum absolute atomic E-state index is 6.23. The molecule has 1 aromatic heterocycles. The number of H-pyrrole nitrogens is 1. The van der Waals surface area contributed by atoms with E-state index in [1.165, 1.54) is 29.5 Å². The van der Waals surface area contributed by atoms with Gasteiger partial charge in [0.1, 0.15) is 0 Å². The highest BCUT2D eigenvalue weighted by molar-refractivity contribution is 6.30. The Hall–Kier alpha value is -2.07. The standard InChI is InChI=1S/C24H25Cl2N3/c25-20-10-8-17(9-11-20)12-23(24-15-27-16-28-24)29-22-7-2-1-4-19(14-22)18-5-3-6-21(26)13-18/h3,5-6,8-11,13-16,22-23,29H,1-2,4,7,12H2,(H,27,28). The molecule has 4 rings (SSSR count). The van der Waals surface area contributed by atoms with Crippen LogP contribution in [0.15, 0.2) is 67.1 Å². The number of aromatic amines is 1. The second-order valence-corrected chi connectivity index (χ2v) is 8.48. The van der Waals surface area contributed by atoms with Gasteiger partial charge in [0, 0.05) is 22.3 Å². The second kappa shape index (κ2) is 9.62. The van der Waals surface area contributed by atoms with Gasteiger partial charge in [-0.15, -0.1) is 0 Å². The van der Waals surface area contributed by atoms with Gasteiger partial charge in [0.2, 0.25) is 0 Å². The molecule has 1 aliphatic rings. The molecule has 0 fully saturated rings. The summed E-state index contributed by atoms with van der Waals surface area (Å²) < 4.78 is 0. The number of aromatic nitrogens is 2. The monoisotopic (exact) mass is 425 g/mol. The highest BCUT2D eigenvalue weighted by Gasteiger charge is 2.20. The Morgan fingerprint density at radius 3 is 2.69 bits per heavy atom. The number of imidazole rings is 1. The lowest BCUT2D eigenvalue weighted by atomic mass is 9.99. The predicted octanol–water partition coefficient (Wildman–Crippen LogP) is 6.62. The van der Waals surface area contributed by atoms with Gasteiger partial charge in [0.15, 0.2) is 0 Å². The van der Waals surface area contributed by atoms with Crippen LogP contribution in [-0.4, -0.2) is 16.0 Å². The van der Waals surface area contributed by atoms with E-state index in [2.05, 4.69) is 45.6 Å². The van der Waals surface area contributed by atoms with Crippen molar-refractivity contribution in [3.63, 3.8) is 0 Å².